The zero-order valence-corrected chi connectivity index (χ0v) is 10.6. The highest BCUT2D eigenvalue weighted by Gasteiger charge is 2.04. The fraction of sp³-hybridized carbons (Fsp3) is 0.667. The van der Waals surface area contributed by atoms with Crippen molar-refractivity contribution in [2.45, 2.75) is 39.2 Å². The molecule has 1 unspecified atom stereocenters. The molecule has 0 amide bonds. The van der Waals surface area contributed by atoms with Gasteiger partial charge in [-0.1, -0.05) is 6.92 Å². The van der Waals surface area contributed by atoms with Crippen LogP contribution in [0.4, 0.5) is 5.82 Å². The number of anilines is 1. The molecule has 1 rings (SSSR count). The Morgan fingerprint density at radius 1 is 1.47 bits per heavy atom. The van der Waals surface area contributed by atoms with Crippen LogP contribution in [0.5, 0.6) is 5.88 Å². The standard InChI is InChI=1S/C12H22N4O/c1-3-7-17-12-8-11(14-9-15-12)16-10(2)5-4-6-13/h8-10H,3-7,13H2,1-2H3,(H,14,15,16). The minimum absolute atomic E-state index is 0.354. The maximum atomic E-state index is 5.48. The van der Waals surface area contributed by atoms with Gasteiger partial charge in [0.1, 0.15) is 12.1 Å². The summed E-state index contributed by atoms with van der Waals surface area (Å²) in [5.41, 5.74) is 5.48. The van der Waals surface area contributed by atoms with Gasteiger partial charge in [0.05, 0.1) is 6.61 Å². The molecule has 1 aromatic heterocycles. The Kier molecular flexibility index (Phi) is 6.32. The van der Waals surface area contributed by atoms with E-state index in [9.17, 15) is 0 Å². The fourth-order valence-corrected chi connectivity index (χ4v) is 1.45. The molecule has 0 aliphatic rings. The molecule has 0 aliphatic carbocycles. The van der Waals surface area contributed by atoms with Gasteiger partial charge in [0.15, 0.2) is 0 Å². The second-order valence-corrected chi connectivity index (χ2v) is 4.07. The average Bonchev–Trinajstić information content (AvgIpc) is 2.34. The maximum Gasteiger partial charge on any atom is 0.218 e. The molecule has 1 heterocycles. The maximum absolute atomic E-state index is 5.48. The number of hydrogen-bond donors (Lipinski definition) is 2. The van der Waals surface area contributed by atoms with Crippen LogP contribution in [0.1, 0.15) is 33.1 Å². The Labute approximate surface area is 103 Å². The number of nitrogens with two attached hydrogens (primary N) is 1. The minimum atomic E-state index is 0.354. The molecule has 1 aromatic rings. The predicted molar refractivity (Wildman–Crippen MR) is 69.2 cm³/mol. The van der Waals surface area contributed by atoms with Crippen molar-refractivity contribution in [3.8, 4) is 5.88 Å². The highest BCUT2D eigenvalue weighted by atomic mass is 16.5. The van der Waals surface area contributed by atoms with Gasteiger partial charge in [-0.05, 0) is 32.7 Å². The summed E-state index contributed by atoms with van der Waals surface area (Å²) in [4.78, 5) is 8.22. The first-order valence-electron chi connectivity index (χ1n) is 6.17. The highest BCUT2D eigenvalue weighted by molar-refractivity contribution is 5.37. The van der Waals surface area contributed by atoms with Crippen molar-refractivity contribution >= 4 is 5.82 Å². The zero-order chi connectivity index (χ0) is 12.5. The third-order valence-electron chi connectivity index (χ3n) is 2.33. The average molecular weight is 238 g/mol. The first-order valence-corrected chi connectivity index (χ1v) is 6.17. The van der Waals surface area contributed by atoms with E-state index in [2.05, 4.69) is 29.1 Å². The molecule has 0 aromatic carbocycles. The summed E-state index contributed by atoms with van der Waals surface area (Å²) in [5, 5.41) is 3.31. The Bertz CT molecular complexity index is 319. The van der Waals surface area contributed by atoms with Crippen molar-refractivity contribution in [1.82, 2.24) is 9.97 Å². The smallest absolute Gasteiger partial charge is 0.218 e. The van der Waals surface area contributed by atoms with Gasteiger partial charge in [-0.15, -0.1) is 0 Å². The molecule has 0 spiro atoms. The molecule has 96 valence electrons. The summed E-state index contributed by atoms with van der Waals surface area (Å²) in [6, 6.07) is 2.18. The molecule has 1 atom stereocenters. The number of ether oxygens (including phenoxy) is 1. The predicted octanol–water partition coefficient (Wildman–Crippen LogP) is 1.80. The summed E-state index contributed by atoms with van der Waals surface area (Å²) >= 11 is 0. The molecule has 5 heteroatoms. The summed E-state index contributed by atoms with van der Waals surface area (Å²) in [6.45, 7) is 5.58. The van der Waals surface area contributed by atoms with Crippen LogP contribution in [0.25, 0.3) is 0 Å². The SMILES string of the molecule is CCCOc1cc(NC(C)CCCN)ncn1. The number of nitrogens with zero attached hydrogens (tertiary/aromatic N) is 2. The van der Waals surface area contributed by atoms with Crippen LogP contribution >= 0.6 is 0 Å². The lowest BCUT2D eigenvalue weighted by Gasteiger charge is -2.14. The third-order valence-corrected chi connectivity index (χ3v) is 2.33. The van der Waals surface area contributed by atoms with E-state index in [0.29, 0.717) is 18.5 Å². The Morgan fingerprint density at radius 3 is 3.00 bits per heavy atom. The molecule has 0 bridgehead atoms. The number of rotatable bonds is 8. The van der Waals surface area contributed by atoms with E-state index >= 15 is 0 Å². The topological polar surface area (TPSA) is 73.1 Å². The van der Waals surface area contributed by atoms with Crippen molar-refractivity contribution in [3.63, 3.8) is 0 Å². The Hall–Kier alpha value is -1.36. The van der Waals surface area contributed by atoms with Gasteiger partial charge in [-0.3, -0.25) is 0 Å². The second kappa shape index (κ2) is 7.84. The van der Waals surface area contributed by atoms with Crippen molar-refractivity contribution in [3.05, 3.63) is 12.4 Å². The van der Waals surface area contributed by atoms with Crippen LogP contribution in [-0.2, 0) is 0 Å². The first kappa shape index (κ1) is 13.7. The summed E-state index contributed by atoms with van der Waals surface area (Å²) in [6.07, 6.45) is 4.53. The number of hydrogen-bond acceptors (Lipinski definition) is 5. The summed E-state index contributed by atoms with van der Waals surface area (Å²) in [7, 11) is 0. The highest BCUT2D eigenvalue weighted by Crippen LogP contribution is 2.13. The molecule has 0 radical (unpaired) electrons. The third kappa shape index (κ3) is 5.49. The first-order chi connectivity index (χ1) is 8.26. The van der Waals surface area contributed by atoms with Crippen LogP contribution in [0.15, 0.2) is 12.4 Å². The fourth-order valence-electron chi connectivity index (χ4n) is 1.45. The van der Waals surface area contributed by atoms with Gasteiger partial charge in [0.25, 0.3) is 0 Å². The van der Waals surface area contributed by atoms with Crippen LogP contribution in [0.3, 0.4) is 0 Å². The second-order valence-electron chi connectivity index (χ2n) is 4.07. The number of nitrogens with one attached hydrogen (secondary N) is 1. The summed E-state index contributed by atoms with van der Waals surface area (Å²) < 4.78 is 5.45. The normalized spacial score (nSPS) is 12.2. The molecule has 3 N–H and O–H groups in total. The van der Waals surface area contributed by atoms with Crippen LogP contribution < -0.4 is 15.8 Å². The molecule has 0 aliphatic heterocycles. The van der Waals surface area contributed by atoms with E-state index in [0.717, 1.165) is 31.6 Å². The quantitative estimate of drug-likeness (QED) is 0.722. The molecule has 0 saturated carbocycles. The van der Waals surface area contributed by atoms with E-state index in [-0.39, 0.29) is 0 Å². The molecular weight excluding hydrogens is 216 g/mol. The van der Waals surface area contributed by atoms with Gasteiger partial charge < -0.3 is 15.8 Å². The zero-order valence-electron chi connectivity index (χ0n) is 10.6. The van der Waals surface area contributed by atoms with E-state index in [1.54, 1.807) is 0 Å². The minimum Gasteiger partial charge on any atom is -0.478 e. The van der Waals surface area contributed by atoms with Crippen LogP contribution in [-0.4, -0.2) is 29.2 Å². The number of aromatic nitrogens is 2. The van der Waals surface area contributed by atoms with Gasteiger partial charge in [-0.2, -0.15) is 0 Å². The van der Waals surface area contributed by atoms with Crippen LogP contribution in [0.2, 0.25) is 0 Å². The Balaban J connectivity index is 2.47. The molecule has 0 fully saturated rings. The van der Waals surface area contributed by atoms with Gasteiger partial charge in [0, 0.05) is 12.1 Å². The van der Waals surface area contributed by atoms with Gasteiger partial charge in [0.2, 0.25) is 5.88 Å². The van der Waals surface area contributed by atoms with Crippen molar-refractivity contribution in [2.24, 2.45) is 5.73 Å². The molecule has 17 heavy (non-hydrogen) atoms. The molecular formula is C12H22N4O. The Morgan fingerprint density at radius 2 is 2.29 bits per heavy atom. The lowest BCUT2D eigenvalue weighted by Crippen LogP contribution is -2.17. The van der Waals surface area contributed by atoms with Crippen molar-refractivity contribution in [1.29, 1.82) is 0 Å². The van der Waals surface area contributed by atoms with E-state index < -0.39 is 0 Å². The molecule has 0 saturated heterocycles. The monoisotopic (exact) mass is 238 g/mol. The van der Waals surface area contributed by atoms with E-state index in [4.69, 9.17) is 10.5 Å². The van der Waals surface area contributed by atoms with Gasteiger partial charge in [-0.25, -0.2) is 9.97 Å². The summed E-state index contributed by atoms with van der Waals surface area (Å²) in [5.74, 6) is 1.42. The van der Waals surface area contributed by atoms with Crippen molar-refractivity contribution < 1.29 is 4.74 Å². The van der Waals surface area contributed by atoms with E-state index in [1.165, 1.54) is 6.33 Å². The molecule has 5 nitrogen and oxygen atoms in total. The van der Waals surface area contributed by atoms with E-state index in [1.807, 2.05) is 6.07 Å². The lowest BCUT2D eigenvalue weighted by molar-refractivity contribution is 0.305. The van der Waals surface area contributed by atoms with Crippen LogP contribution in [0, 0.1) is 0 Å². The lowest BCUT2D eigenvalue weighted by atomic mass is 10.2. The van der Waals surface area contributed by atoms with Gasteiger partial charge >= 0.3 is 0 Å². The largest absolute Gasteiger partial charge is 0.478 e. The van der Waals surface area contributed by atoms with Crippen molar-refractivity contribution in [2.75, 3.05) is 18.5 Å².